The normalized spacial score (nSPS) is 11.2. The van der Waals surface area contributed by atoms with Crippen LogP contribution in [0.2, 0.25) is 0 Å². The first-order valence-corrected chi connectivity index (χ1v) is 8.76. The highest BCUT2D eigenvalue weighted by atomic mass is 14.7. The van der Waals surface area contributed by atoms with Crippen LogP contribution in [0.5, 0.6) is 0 Å². The maximum atomic E-state index is 6.31. The van der Waals surface area contributed by atoms with E-state index in [2.05, 4.69) is 71.7 Å². The Hall–Kier alpha value is -3.52. The standard InChI is InChI=1S/C24H18N2/c25-22-12-6-4-10-17(22)20-15-24-21(18-11-5-7-13-23(18)26-24)14-19(20)16-8-2-1-3-9-16/h1-15,26H,25H2. The van der Waals surface area contributed by atoms with Gasteiger partial charge >= 0.3 is 0 Å². The lowest BCUT2D eigenvalue weighted by molar-refractivity contribution is 1.53. The Morgan fingerprint density at radius 1 is 0.538 bits per heavy atom. The van der Waals surface area contributed by atoms with Gasteiger partial charge in [0.2, 0.25) is 0 Å². The van der Waals surface area contributed by atoms with Gasteiger partial charge in [-0.15, -0.1) is 0 Å². The molecule has 0 fully saturated rings. The summed E-state index contributed by atoms with van der Waals surface area (Å²) in [5.74, 6) is 0. The van der Waals surface area contributed by atoms with Crippen LogP contribution in [0, 0.1) is 0 Å². The third kappa shape index (κ3) is 2.27. The quantitative estimate of drug-likeness (QED) is 0.369. The molecule has 1 heterocycles. The Bertz CT molecular complexity index is 1230. The van der Waals surface area contributed by atoms with E-state index in [0.717, 1.165) is 27.8 Å². The summed E-state index contributed by atoms with van der Waals surface area (Å²) in [6.45, 7) is 0. The first-order chi connectivity index (χ1) is 12.8. The molecule has 0 saturated carbocycles. The van der Waals surface area contributed by atoms with E-state index < -0.39 is 0 Å². The van der Waals surface area contributed by atoms with Gasteiger partial charge in [0.15, 0.2) is 0 Å². The number of hydrogen-bond acceptors (Lipinski definition) is 1. The summed E-state index contributed by atoms with van der Waals surface area (Å²) >= 11 is 0. The molecule has 0 unspecified atom stereocenters. The number of aromatic amines is 1. The zero-order chi connectivity index (χ0) is 17.5. The first kappa shape index (κ1) is 14.8. The minimum atomic E-state index is 0.792. The molecule has 0 amide bonds. The van der Waals surface area contributed by atoms with E-state index in [1.165, 1.54) is 21.9 Å². The Kier molecular flexibility index (Phi) is 3.29. The number of benzene rings is 4. The second-order valence-electron chi connectivity index (χ2n) is 6.57. The minimum absolute atomic E-state index is 0.792. The van der Waals surface area contributed by atoms with Crippen LogP contribution in [-0.4, -0.2) is 4.98 Å². The van der Waals surface area contributed by atoms with Crippen LogP contribution in [-0.2, 0) is 0 Å². The molecule has 0 atom stereocenters. The Morgan fingerprint density at radius 2 is 1.27 bits per heavy atom. The molecule has 1 aromatic heterocycles. The van der Waals surface area contributed by atoms with Crippen LogP contribution < -0.4 is 5.73 Å². The Balaban J connectivity index is 1.90. The van der Waals surface area contributed by atoms with Gasteiger partial charge in [0.25, 0.3) is 0 Å². The van der Waals surface area contributed by atoms with Crippen LogP contribution in [0.1, 0.15) is 0 Å². The summed E-state index contributed by atoms with van der Waals surface area (Å²) < 4.78 is 0. The van der Waals surface area contributed by atoms with Crippen molar-refractivity contribution in [2.75, 3.05) is 5.73 Å². The molecule has 0 aliphatic rings. The average Bonchev–Trinajstić information content (AvgIpc) is 3.06. The van der Waals surface area contributed by atoms with Crippen molar-refractivity contribution >= 4 is 27.5 Å². The minimum Gasteiger partial charge on any atom is -0.398 e. The summed E-state index contributed by atoms with van der Waals surface area (Å²) in [6, 6.07) is 31.5. The van der Waals surface area contributed by atoms with Crippen molar-refractivity contribution in [2.45, 2.75) is 0 Å². The highest BCUT2D eigenvalue weighted by molar-refractivity contribution is 6.11. The van der Waals surface area contributed by atoms with Gasteiger partial charge in [0, 0.05) is 33.1 Å². The molecule has 0 bridgehead atoms. The average molecular weight is 334 g/mol. The Labute approximate surface area is 151 Å². The number of hydrogen-bond donors (Lipinski definition) is 2. The maximum absolute atomic E-state index is 6.31. The van der Waals surface area contributed by atoms with Crippen LogP contribution in [0.15, 0.2) is 91.0 Å². The van der Waals surface area contributed by atoms with Gasteiger partial charge in [-0.1, -0.05) is 66.7 Å². The van der Waals surface area contributed by atoms with E-state index in [9.17, 15) is 0 Å². The van der Waals surface area contributed by atoms with E-state index in [1.807, 2.05) is 24.3 Å². The van der Waals surface area contributed by atoms with Gasteiger partial charge in [-0.2, -0.15) is 0 Å². The summed E-state index contributed by atoms with van der Waals surface area (Å²) in [7, 11) is 0. The predicted octanol–water partition coefficient (Wildman–Crippen LogP) is 6.24. The fourth-order valence-electron chi connectivity index (χ4n) is 3.72. The predicted molar refractivity (Wildman–Crippen MR) is 111 cm³/mol. The van der Waals surface area contributed by atoms with Crippen molar-refractivity contribution in [2.24, 2.45) is 0 Å². The van der Waals surface area contributed by atoms with E-state index in [1.54, 1.807) is 0 Å². The number of nitrogen functional groups attached to an aromatic ring is 1. The third-order valence-electron chi connectivity index (χ3n) is 4.98. The molecular formula is C24H18N2. The fourth-order valence-corrected chi connectivity index (χ4v) is 3.72. The van der Waals surface area contributed by atoms with Crippen LogP contribution in [0.3, 0.4) is 0 Å². The summed E-state index contributed by atoms with van der Waals surface area (Å²) in [4.78, 5) is 3.55. The highest BCUT2D eigenvalue weighted by Gasteiger charge is 2.14. The molecule has 0 aliphatic heterocycles. The molecule has 4 aromatic carbocycles. The third-order valence-corrected chi connectivity index (χ3v) is 4.98. The molecule has 124 valence electrons. The largest absolute Gasteiger partial charge is 0.398 e. The lowest BCUT2D eigenvalue weighted by Crippen LogP contribution is -1.92. The molecule has 5 rings (SSSR count). The van der Waals surface area contributed by atoms with Crippen molar-refractivity contribution in [3.8, 4) is 22.3 Å². The van der Waals surface area contributed by atoms with Crippen LogP contribution in [0.4, 0.5) is 5.69 Å². The number of aromatic nitrogens is 1. The number of para-hydroxylation sites is 2. The SMILES string of the molecule is Nc1ccccc1-c1cc2[nH]c3ccccc3c2cc1-c1ccccc1. The first-order valence-electron chi connectivity index (χ1n) is 8.76. The molecule has 5 aromatic rings. The number of nitrogens with one attached hydrogen (secondary N) is 1. The molecule has 26 heavy (non-hydrogen) atoms. The van der Waals surface area contributed by atoms with Crippen molar-refractivity contribution in [3.05, 3.63) is 91.0 Å². The van der Waals surface area contributed by atoms with Gasteiger partial charge < -0.3 is 10.7 Å². The summed E-state index contributed by atoms with van der Waals surface area (Å²) in [5.41, 5.74) is 14.0. The van der Waals surface area contributed by atoms with Crippen LogP contribution >= 0.6 is 0 Å². The topological polar surface area (TPSA) is 41.8 Å². The van der Waals surface area contributed by atoms with Gasteiger partial charge in [0.1, 0.15) is 0 Å². The van der Waals surface area contributed by atoms with Crippen molar-refractivity contribution < 1.29 is 0 Å². The number of nitrogens with two attached hydrogens (primary N) is 1. The molecule has 3 N–H and O–H groups in total. The van der Waals surface area contributed by atoms with E-state index in [4.69, 9.17) is 5.73 Å². The molecule has 0 saturated heterocycles. The second kappa shape index (κ2) is 5.78. The summed E-state index contributed by atoms with van der Waals surface area (Å²) in [6.07, 6.45) is 0. The van der Waals surface area contributed by atoms with Gasteiger partial charge in [0.05, 0.1) is 0 Å². The highest BCUT2D eigenvalue weighted by Crippen LogP contribution is 2.39. The van der Waals surface area contributed by atoms with Crippen LogP contribution in [0.25, 0.3) is 44.1 Å². The van der Waals surface area contributed by atoms with E-state index in [-0.39, 0.29) is 0 Å². The van der Waals surface area contributed by atoms with Gasteiger partial charge in [-0.3, -0.25) is 0 Å². The van der Waals surface area contributed by atoms with Crippen molar-refractivity contribution in [1.82, 2.24) is 4.98 Å². The lowest BCUT2D eigenvalue weighted by Gasteiger charge is -2.13. The van der Waals surface area contributed by atoms with E-state index >= 15 is 0 Å². The van der Waals surface area contributed by atoms with Crippen molar-refractivity contribution in [3.63, 3.8) is 0 Å². The molecular weight excluding hydrogens is 316 g/mol. The summed E-state index contributed by atoms with van der Waals surface area (Å²) in [5, 5.41) is 2.48. The van der Waals surface area contributed by atoms with Gasteiger partial charge in [-0.05, 0) is 41.0 Å². The second-order valence-corrected chi connectivity index (χ2v) is 6.57. The number of H-pyrrole nitrogens is 1. The molecule has 0 aliphatic carbocycles. The van der Waals surface area contributed by atoms with E-state index in [0.29, 0.717) is 0 Å². The monoisotopic (exact) mass is 334 g/mol. The zero-order valence-electron chi connectivity index (χ0n) is 14.2. The number of rotatable bonds is 2. The molecule has 2 nitrogen and oxygen atoms in total. The zero-order valence-corrected chi connectivity index (χ0v) is 14.2. The smallest absolute Gasteiger partial charge is 0.0471 e. The molecule has 2 heteroatoms. The molecule has 0 radical (unpaired) electrons. The number of anilines is 1. The van der Waals surface area contributed by atoms with Gasteiger partial charge in [-0.25, -0.2) is 0 Å². The maximum Gasteiger partial charge on any atom is 0.0471 e. The molecule has 0 spiro atoms. The number of fused-ring (bicyclic) bond motifs is 3. The lowest BCUT2D eigenvalue weighted by atomic mass is 9.92. The van der Waals surface area contributed by atoms with Crippen molar-refractivity contribution in [1.29, 1.82) is 0 Å². The Morgan fingerprint density at radius 3 is 2.12 bits per heavy atom. The fraction of sp³-hybridized carbons (Fsp3) is 0.